The molecule has 0 aliphatic rings. The first-order chi connectivity index (χ1) is 16.8. The number of fused-ring (bicyclic) bond motifs is 1. The number of para-hydroxylation sites is 1. The summed E-state index contributed by atoms with van der Waals surface area (Å²) in [5.41, 5.74) is 4.58. The van der Waals surface area contributed by atoms with E-state index in [-0.39, 0.29) is 18.0 Å². The highest BCUT2D eigenvalue weighted by molar-refractivity contribution is 6.31. The molecule has 4 aromatic rings. The second-order valence-electron chi connectivity index (χ2n) is 8.23. The van der Waals surface area contributed by atoms with E-state index in [2.05, 4.69) is 10.6 Å². The van der Waals surface area contributed by atoms with Gasteiger partial charge in [-0.1, -0.05) is 48.0 Å². The van der Waals surface area contributed by atoms with Crippen molar-refractivity contribution >= 4 is 51.8 Å². The predicted molar refractivity (Wildman–Crippen MR) is 140 cm³/mol. The molecule has 7 heteroatoms. The van der Waals surface area contributed by atoms with Crippen molar-refractivity contribution in [3.8, 4) is 6.07 Å². The van der Waals surface area contributed by atoms with Gasteiger partial charge in [0, 0.05) is 39.1 Å². The highest BCUT2D eigenvalue weighted by Crippen LogP contribution is 2.25. The third kappa shape index (κ3) is 5.60. The van der Waals surface area contributed by atoms with Gasteiger partial charge in [-0.25, -0.2) is 0 Å². The van der Waals surface area contributed by atoms with Crippen molar-refractivity contribution in [2.45, 2.75) is 20.4 Å². The number of hydrogen-bond acceptors (Lipinski definition) is 3. The summed E-state index contributed by atoms with van der Waals surface area (Å²) in [5, 5.41) is 16.7. The summed E-state index contributed by atoms with van der Waals surface area (Å²) in [6.07, 6.45) is 3.31. The number of rotatable bonds is 6. The van der Waals surface area contributed by atoms with Crippen molar-refractivity contribution in [1.82, 2.24) is 4.57 Å². The highest BCUT2D eigenvalue weighted by Gasteiger charge is 2.15. The second kappa shape index (κ2) is 10.3. The van der Waals surface area contributed by atoms with Crippen LogP contribution in [0.15, 0.2) is 78.5 Å². The van der Waals surface area contributed by atoms with Crippen LogP contribution < -0.4 is 10.6 Å². The van der Waals surface area contributed by atoms with Crippen molar-refractivity contribution in [1.29, 1.82) is 5.26 Å². The molecule has 0 saturated heterocycles. The quantitative estimate of drug-likeness (QED) is 0.257. The lowest BCUT2D eigenvalue weighted by Crippen LogP contribution is -2.18. The number of nitrogens with one attached hydrogen (secondary N) is 2. The minimum absolute atomic E-state index is 0.0588. The third-order valence-corrected chi connectivity index (χ3v) is 5.78. The Morgan fingerprint density at radius 1 is 1.03 bits per heavy atom. The molecule has 174 valence electrons. The van der Waals surface area contributed by atoms with Gasteiger partial charge >= 0.3 is 0 Å². The van der Waals surface area contributed by atoms with E-state index >= 15 is 0 Å². The summed E-state index contributed by atoms with van der Waals surface area (Å²) >= 11 is 6.05. The fraction of sp³-hybridized carbons (Fsp3) is 0.107. The van der Waals surface area contributed by atoms with Gasteiger partial charge in [-0.15, -0.1) is 0 Å². The van der Waals surface area contributed by atoms with Crippen LogP contribution in [0.4, 0.5) is 11.4 Å². The smallest absolute Gasteiger partial charge is 0.266 e. The Kier molecular flexibility index (Phi) is 7.00. The fourth-order valence-electron chi connectivity index (χ4n) is 3.82. The Labute approximate surface area is 208 Å². The molecular formula is C28H23ClN4O2. The Morgan fingerprint density at radius 2 is 1.83 bits per heavy atom. The van der Waals surface area contributed by atoms with Crippen LogP contribution in [0, 0.1) is 25.2 Å². The van der Waals surface area contributed by atoms with Crippen LogP contribution in [0.25, 0.3) is 17.0 Å². The SMILES string of the molecule is Cc1cccc(NC(=O)Cn2cc(/C=C(\C#N)C(=O)Nc3cc(Cl)ccc3C)c3ccccc32)c1. The maximum atomic E-state index is 12.8. The number of benzene rings is 3. The van der Waals surface area contributed by atoms with E-state index in [1.54, 1.807) is 29.0 Å². The molecule has 0 fully saturated rings. The van der Waals surface area contributed by atoms with Gasteiger partial charge in [0.25, 0.3) is 5.91 Å². The van der Waals surface area contributed by atoms with Crippen LogP contribution in [0.2, 0.25) is 5.02 Å². The number of nitrogens with zero attached hydrogens (tertiary/aromatic N) is 2. The molecule has 6 nitrogen and oxygen atoms in total. The summed E-state index contributed by atoms with van der Waals surface area (Å²) < 4.78 is 1.81. The van der Waals surface area contributed by atoms with Crippen molar-refractivity contribution in [3.05, 3.63) is 100 Å². The molecule has 0 spiro atoms. The monoisotopic (exact) mass is 482 g/mol. The molecule has 0 aliphatic heterocycles. The van der Waals surface area contributed by atoms with E-state index in [1.807, 2.05) is 68.4 Å². The standard InChI is InChI=1S/C28H23ClN4O2/c1-18-6-5-7-23(12-18)31-27(34)17-33-16-21(24-8-3-4-9-26(24)33)13-20(15-30)28(35)32-25-14-22(29)11-10-19(25)2/h3-14,16H,17H2,1-2H3,(H,31,34)(H,32,35)/b20-13+. The predicted octanol–water partition coefficient (Wildman–Crippen LogP) is 6.10. The van der Waals surface area contributed by atoms with Crippen LogP contribution in [0.3, 0.4) is 0 Å². The maximum absolute atomic E-state index is 12.8. The Bertz CT molecular complexity index is 1510. The fourth-order valence-corrected chi connectivity index (χ4v) is 3.99. The average Bonchev–Trinajstić information content (AvgIpc) is 3.16. The topological polar surface area (TPSA) is 86.9 Å². The van der Waals surface area contributed by atoms with E-state index in [0.717, 1.165) is 27.7 Å². The number of amides is 2. The zero-order valence-electron chi connectivity index (χ0n) is 19.3. The molecule has 1 heterocycles. The Balaban J connectivity index is 1.61. The number of anilines is 2. The van der Waals surface area contributed by atoms with Crippen molar-refractivity contribution < 1.29 is 9.59 Å². The third-order valence-electron chi connectivity index (χ3n) is 5.55. The minimum atomic E-state index is -0.535. The lowest BCUT2D eigenvalue weighted by Gasteiger charge is -2.08. The van der Waals surface area contributed by atoms with Gasteiger partial charge in [0.05, 0.1) is 0 Å². The molecule has 4 rings (SSSR count). The van der Waals surface area contributed by atoms with Gasteiger partial charge in [-0.3, -0.25) is 9.59 Å². The van der Waals surface area contributed by atoms with Gasteiger partial charge in [0.2, 0.25) is 5.91 Å². The molecule has 3 aromatic carbocycles. The van der Waals surface area contributed by atoms with Crippen molar-refractivity contribution in [3.63, 3.8) is 0 Å². The first kappa shape index (κ1) is 23.8. The molecule has 2 N–H and O–H groups in total. The number of nitriles is 1. The largest absolute Gasteiger partial charge is 0.337 e. The number of halogens is 1. The maximum Gasteiger partial charge on any atom is 0.266 e. The van der Waals surface area contributed by atoms with E-state index < -0.39 is 5.91 Å². The van der Waals surface area contributed by atoms with Crippen LogP contribution in [-0.2, 0) is 16.1 Å². The second-order valence-corrected chi connectivity index (χ2v) is 8.67. The first-order valence-corrected chi connectivity index (χ1v) is 11.4. The molecule has 0 saturated carbocycles. The number of carbonyl (C=O) groups is 2. The zero-order valence-corrected chi connectivity index (χ0v) is 20.1. The number of carbonyl (C=O) groups excluding carboxylic acids is 2. The van der Waals surface area contributed by atoms with E-state index in [4.69, 9.17) is 11.6 Å². The molecule has 0 radical (unpaired) electrons. The zero-order chi connectivity index (χ0) is 24.9. The lowest BCUT2D eigenvalue weighted by atomic mass is 10.1. The summed E-state index contributed by atoms with van der Waals surface area (Å²) in [7, 11) is 0. The van der Waals surface area contributed by atoms with Gasteiger partial charge in [-0.05, 0) is 61.4 Å². The molecule has 0 bridgehead atoms. The normalized spacial score (nSPS) is 11.2. The van der Waals surface area contributed by atoms with Crippen LogP contribution in [-0.4, -0.2) is 16.4 Å². The van der Waals surface area contributed by atoms with Crippen LogP contribution in [0.5, 0.6) is 0 Å². The lowest BCUT2D eigenvalue weighted by molar-refractivity contribution is -0.116. The van der Waals surface area contributed by atoms with E-state index in [0.29, 0.717) is 16.3 Å². The molecular weight excluding hydrogens is 460 g/mol. The molecule has 0 aliphatic carbocycles. The Morgan fingerprint density at radius 3 is 2.60 bits per heavy atom. The molecule has 2 amide bonds. The number of aromatic nitrogens is 1. The van der Waals surface area contributed by atoms with E-state index in [1.165, 1.54) is 6.08 Å². The summed E-state index contributed by atoms with van der Waals surface area (Å²) in [5.74, 6) is -0.714. The summed E-state index contributed by atoms with van der Waals surface area (Å²) in [6.45, 7) is 3.89. The van der Waals surface area contributed by atoms with Crippen molar-refractivity contribution in [2.24, 2.45) is 0 Å². The van der Waals surface area contributed by atoms with E-state index in [9.17, 15) is 14.9 Å². The summed E-state index contributed by atoms with van der Waals surface area (Å²) in [4.78, 5) is 25.6. The molecule has 1 aromatic heterocycles. The van der Waals surface area contributed by atoms with Gasteiger partial charge in [-0.2, -0.15) is 5.26 Å². The molecule has 0 atom stereocenters. The summed E-state index contributed by atoms with van der Waals surface area (Å²) in [6, 6.07) is 22.3. The molecule has 0 unspecified atom stereocenters. The number of hydrogen-bond donors (Lipinski definition) is 2. The van der Waals surface area contributed by atoms with Crippen LogP contribution in [0.1, 0.15) is 16.7 Å². The van der Waals surface area contributed by atoms with Gasteiger partial charge in [0.1, 0.15) is 18.2 Å². The highest BCUT2D eigenvalue weighted by atomic mass is 35.5. The minimum Gasteiger partial charge on any atom is -0.337 e. The van der Waals surface area contributed by atoms with Gasteiger partial charge < -0.3 is 15.2 Å². The molecule has 35 heavy (non-hydrogen) atoms. The van der Waals surface area contributed by atoms with Gasteiger partial charge in [0.15, 0.2) is 0 Å². The van der Waals surface area contributed by atoms with Crippen LogP contribution >= 0.6 is 11.6 Å². The average molecular weight is 483 g/mol. The van der Waals surface area contributed by atoms with Crippen molar-refractivity contribution in [2.75, 3.05) is 10.6 Å². The number of aryl methyl sites for hydroxylation is 2. The first-order valence-electron chi connectivity index (χ1n) is 11.0. The Hall–Kier alpha value is -4.34.